The van der Waals surface area contributed by atoms with Crippen LogP contribution in [0.4, 0.5) is 4.39 Å². The van der Waals surface area contributed by atoms with Crippen LogP contribution in [0.3, 0.4) is 0 Å². The topological polar surface area (TPSA) is 21.7 Å². The number of nitrogens with zero attached hydrogens (tertiary/aromatic N) is 1. The van der Waals surface area contributed by atoms with E-state index in [9.17, 15) is 4.39 Å². The third-order valence-electron chi connectivity index (χ3n) is 4.14. The molecular weight excluding hydrogens is 325 g/mol. The monoisotopic (exact) mass is 345 g/mol. The second-order valence-electron chi connectivity index (χ2n) is 5.75. The Bertz CT molecular complexity index is 729. The van der Waals surface area contributed by atoms with E-state index in [2.05, 4.69) is 4.90 Å². The molecule has 0 radical (unpaired) electrons. The van der Waals surface area contributed by atoms with E-state index in [0.29, 0.717) is 17.1 Å². The summed E-state index contributed by atoms with van der Waals surface area (Å²) in [7, 11) is 1.59. The third kappa shape index (κ3) is 3.67. The number of ether oxygens (including phenoxy) is 2. The summed E-state index contributed by atoms with van der Waals surface area (Å²) in [6.07, 6.45) is 2.36. The highest BCUT2D eigenvalue weighted by Crippen LogP contribution is 2.30. The van der Waals surface area contributed by atoms with Gasteiger partial charge in [0.15, 0.2) is 11.5 Å². The first-order valence-corrected chi connectivity index (χ1v) is 8.43. The number of methoxy groups -OCH3 is 1. The molecule has 0 amide bonds. The molecule has 0 bridgehead atoms. The van der Waals surface area contributed by atoms with E-state index < -0.39 is 0 Å². The molecule has 24 heavy (non-hydrogen) atoms. The predicted octanol–water partition coefficient (Wildman–Crippen LogP) is 4.18. The van der Waals surface area contributed by atoms with E-state index in [1.807, 2.05) is 18.2 Å². The second-order valence-corrected chi connectivity index (χ2v) is 6.13. The van der Waals surface area contributed by atoms with Crippen LogP contribution in [0, 0.1) is 5.82 Å². The molecule has 0 aliphatic carbocycles. The maximum atomic E-state index is 13.7. The minimum atomic E-state index is -0.275. The first-order valence-electron chi connectivity index (χ1n) is 8.02. The van der Waals surface area contributed by atoms with E-state index in [4.69, 9.17) is 21.7 Å². The van der Waals surface area contributed by atoms with Crippen molar-refractivity contribution in [2.75, 3.05) is 20.2 Å². The van der Waals surface area contributed by atoms with Gasteiger partial charge in [-0.3, -0.25) is 0 Å². The van der Waals surface area contributed by atoms with Crippen LogP contribution < -0.4 is 9.47 Å². The summed E-state index contributed by atoms with van der Waals surface area (Å²) in [5, 5.41) is 0. The quantitative estimate of drug-likeness (QED) is 0.758. The summed E-state index contributed by atoms with van der Waals surface area (Å²) >= 11 is 5.57. The Morgan fingerprint density at radius 2 is 1.88 bits per heavy atom. The SMILES string of the molecule is COc1cc(C(=S)N2CCCC2)ccc1OCc1ccccc1F. The molecule has 0 atom stereocenters. The molecule has 5 heteroatoms. The Morgan fingerprint density at radius 1 is 1.12 bits per heavy atom. The molecule has 0 spiro atoms. The van der Waals surface area contributed by atoms with Gasteiger partial charge in [0, 0.05) is 24.2 Å². The summed E-state index contributed by atoms with van der Waals surface area (Å²) in [5.74, 6) is 0.905. The molecule has 3 rings (SSSR count). The van der Waals surface area contributed by atoms with Crippen molar-refractivity contribution in [1.82, 2.24) is 4.90 Å². The lowest BCUT2D eigenvalue weighted by atomic mass is 10.2. The Hall–Kier alpha value is -2.14. The fourth-order valence-corrected chi connectivity index (χ4v) is 3.10. The summed E-state index contributed by atoms with van der Waals surface area (Å²) in [4.78, 5) is 3.05. The lowest BCUT2D eigenvalue weighted by Gasteiger charge is -2.20. The van der Waals surface area contributed by atoms with Crippen LogP contribution in [0.5, 0.6) is 11.5 Å². The summed E-state index contributed by atoms with van der Waals surface area (Å²) < 4.78 is 24.8. The average molecular weight is 345 g/mol. The largest absolute Gasteiger partial charge is 0.493 e. The molecule has 1 aliphatic heterocycles. The standard InChI is InChI=1S/C19H20FNO2S/c1-22-18-12-14(19(24)21-10-4-5-11-21)8-9-17(18)23-13-15-6-2-3-7-16(15)20/h2-3,6-9,12H,4-5,10-11,13H2,1H3. The van der Waals surface area contributed by atoms with Crippen LogP contribution in [-0.4, -0.2) is 30.1 Å². The van der Waals surface area contributed by atoms with Gasteiger partial charge in [-0.25, -0.2) is 4.39 Å². The molecule has 126 valence electrons. The first kappa shape index (κ1) is 16.7. The van der Waals surface area contributed by atoms with Gasteiger partial charge in [0.25, 0.3) is 0 Å². The highest BCUT2D eigenvalue weighted by molar-refractivity contribution is 7.80. The molecule has 1 heterocycles. The van der Waals surface area contributed by atoms with Crippen LogP contribution in [0.2, 0.25) is 0 Å². The highest BCUT2D eigenvalue weighted by Gasteiger charge is 2.17. The zero-order chi connectivity index (χ0) is 16.9. The zero-order valence-electron chi connectivity index (χ0n) is 13.6. The van der Waals surface area contributed by atoms with Crippen molar-refractivity contribution in [3.8, 4) is 11.5 Å². The molecule has 2 aromatic rings. The van der Waals surface area contributed by atoms with Gasteiger partial charge < -0.3 is 14.4 Å². The number of halogens is 1. The van der Waals surface area contributed by atoms with E-state index in [1.165, 1.54) is 18.9 Å². The Labute approximate surface area is 147 Å². The van der Waals surface area contributed by atoms with Crippen LogP contribution in [-0.2, 0) is 6.61 Å². The van der Waals surface area contributed by atoms with Gasteiger partial charge in [0.1, 0.15) is 17.4 Å². The van der Waals surface area contributed by atoms with Crippen molar-refractivity contribution >= 4 is 17.2 Å². The van der Waals surface area contributed by atoms with Gasteiger partial charge in [-0.15, -0.1) is 0 Å². The van der Waals surface area contributed by atoms with Crippen molar-refractivity contribution in [2.45, 2.75) is 19.4 Å². The van der Waals surface area contributed by atoms with Crippen LogP contribution in [0.15, 0.2) is 42.5 Å². The van der Waals surface area contributed by atoms with Gasteiger partial charge in [-0.1, -0.05) is 30.4 Å². The van der Waals surface area contributed by atoms with E-state index in [0.717, 1.165) is 23.6 Å². The van der Waals surface area contributed by atoms with Crippen LogP contribution in [0.25, 0.3) is 0 Å². The van der Waals surface area contributed by atoms with E-state index in [-0.39, 0.29) is 12.4 Å². The van der Waals surface area contributed by atoms with Gasteiger partial charge in [-0.05, 0) is 37.1 Å². The molecule has 3 nitrogen and oxygen atoms in total. The van der Waals surface area contributed by atoms with Crippen molar-refractivity contribution < 1.29 is 13.9 Å². The Kier molecular flexibility index (Phi) is 5.30. The fraction of sp³-hybridized carbons (Fsp3) is 0.316. The maximum Gasteiger partial charge on any atom is 0.161 e. The number of likely N-dealkylation sites (tertiary alicyclic amines) is 1. The Morgan fingerprint density at radius 3 is 2.58 bits per heavy atom. The van der Waals surface area contributed by atoms with Gasteiger partial charge in [0.05, 0.1) is 7.11 Å². The minimum absolute atomic E-state index is 0.152. The lowest BCUT2D eigenvalue weighted by molar-refractivity contribution is 0.279. The van der Waals surface area contributed by atoms with E-state index in [1.54, 1.807) is 25.3 Å². The van der Waals surface area contributed by atoms with Crippen molar-refractivity contribution in [2.24, 2.45) is 0 Å². The van der Waals surface area contributed by atoms with Gasteiger partial charge in [-0.2, -0.15) is 0 Å². The van der Waals surface area contributed by atoms with E-state index >= 15 is 0 Å². The lowest BCUT2D eigenvalue weighted by Crippen LogP contribution is -2.26. The van der Waals surface area contributed by atoms with Gasteiger partial charge in [0.2, 0.25) is 0 Å². The maximum absolute atomic E-state index is 13.7. The normalized spacial score (nSPS) is 13.8. The molecule has 2 aromatic carbocycles. The Balaban J connectivity index is 1.74. The molecular formula is C19H20FNO2S. The van der Waals surface area contributed by atoms with Crippen LogP contribution >= 0.6 is 12.2 Å². The molecule has 1 saturated heterocycles. The zero-order valence-corrected chi connectivity index (χ0v) is 14.4. The third-order valence-corrected chi connectivity index (χ3v) is 4.64. The number of benzene rings is 2. The van der Waals surface area contributed by atoms with Crippen LogP contribution in [0.1, 0.15) is 24.0 Å². The van der Waals surface area contributed by atoms with Gasteiger partial charge >= 0.3 is 0 Å². The molecule has 0 N–H and O–H groups in total. The van der Waals surface area contributed by atoms with Crippen molar-refractivity contribution in [3.63, 3.8) is 0 Å². The summed E-state index contributed by atoms with van der Waals surface area (Å²) in [5.41, 5.74) is 1.46. The molecule has 0 unspecified atom stereocenters. The molecule has 0 saturated carbocycles. The summed E-state index contributed by atoms with van der Waals surface area (Å²) in [6.45, 7) is 2.16. The summed E-state index contributed by atoms with van der Waals surface area (Å²) in [6, 6.07) is 12.2. The molecule has 1 fully saturated rings. The van der Waals surface area contributed by atoms with Crippen molar-refractivity contribution in [1.29, 1.82) is 0 Å². The molecule has 0 aromatic heterocycles. The number of thiocarbonyl (C=S) groups is 1. The first-order chi connectivity index (χ1) is 11.7. The number of rotatable bonds is 5. The van der Waals surface area contributed by atoms with Crippen molar-refractivity contribution in [3.05, 3.63) is 59.4 Å². The highest BCUT2D eigenvalue weighted by atomic mass is 32.1. The smallest absolute Gasteiger partial charge is 0.161 e. The second kappa shape index (κ2) is 7.62. The average Bonchev–Trinajstić information content (AvgIpc) is 3.15. The fourth-order valence-electron chi connectivity index (χ4n) is 2.79. The molecule has 1 aliphatic rings. The number of hydrogen-bond acceptors (Lipinski definition) is 3. The minimum Gasteiger partial charge on any atom is -0.493 e. The number of hydrogen-bond donors (Lipinski definition) is 0. The predicted molar refractivity (Wildman–Crippen MR) is 96.2 cm³/mol.